The number of halogens is 4. The smallest absolute Gasteiger partial charge is 0.354 e. The molecule has 1 aromatic rings. The van der Waals surface area contributed by atoms with Crippen molar-refractivity contribution in [1.82, 2.24) is 10.3 Å². The van der Waals surface area contributed by atoms with Crippen LogP contribution in [0.15, 0.2) is 48.0 Å². The molecule has 0 saturated heterocycles. The lowest BCUT2D eigenvalue weighted by Gasteiger charge is -2.12. The van der Waals surface area contributed by atoms with Crippen molar-refractivity contribution >= 4 is 12.0 Å². The highest BCUT2D eigenvalue weighted by Crippen LogP contribution is 2.30. The first-order valence-corrected chi connectivity index (χ1v) is 6.88. The molecule has 3 nitrogen and oxygen atoms in total. The third kappa shape index (κ3) is 4.51. The fourth-order valence-corrected chi connectivity index (χ4v) is 2.15. The van der Waals surface area contributed by atoms with Gasteiger partial charge in [-0.25, -0.2) is 4.39 Å². The summed E-state index contributed by atoms with van der Waals surface area (Å²) < 4.78 is 51.6. The number of pyridine rings is 1. The van der Waals surface area contributed by atoms with Crippen LogP contribution < -0.4 is 5.32 Å². The van der Waals surface area contributed by atoms with E-state index in [0.717, 1.165) is 12.3 Å². The van der Waals surface area contributed by atoms with Gasteiger partial charge in [-0.05, 0) is 36.1 Å². The second-order valence-electron chi connectivity index (χ2n) is 4.91. The van der Waals surface area contributed by atoms with Crippen LogP contribution in [-0.2, 0) is 11.0 Å². The van der Waals surface area contributed by atoms with Gasteiger partial charge in [0.05, 0.1) is 0 Å². The molecule has 1 aliphatic rings. The largest absolute Gasteiger partial charge is 0.433 e. The molecule has 0 saturated carbocycles. The predicted molar refractivity (Wildman–Crippen MR) is 77.8 cm³/mol. The summed E-state index contributed by atoms with van der Waals surface area (Å²) >= 11 is 0. The van der Waals surface area contributed by atoms with Crippen molar-refractivity contribution < 1.29 is 22.4 Å². The first-order valence-electron chi connectivity index (χ1n) is 6.88. The third-order valence-corrected chi connectivity index (χ3v) is 3.30. The topological polar surface area (TPSA) is 42.0 Å². The lowest BCUT2D eigenvalue weighted by atomic mass is 9.97. The van der Waals surface area contributed by atoms with Gasteiger partial charge < -0.3 is 5.32 Å². The van der Waals surface area contributed by atoms with Crippen molar-refractivity contribution in [2.24, 2.45) is 0 Å². The molecule has 0 aliphatic heterocycles. The van der Waals surface area contributed by atoms with Gasteiger partial charge >= 0.3 is 6.18 Å². The van der Waals surface area contributed by atoms with E-state index in [9.17, 15) is 22.4 Å². The number of nitrogens with zero attached hydrogens (tertiary/aromatic N) is 1. The number of carbonyl (C=O) groups is 1. The maximum Gasteiger partial charge on any atom is 0.433 e. The van der Waals surface area contributed by atoms with Crippen LogP contribution in [0.5, 0.6) is 0 Å². The molecule has 0 spiro atoms. The van der Waals surface area contributed by atoms with Gasteiger partial charge in [-0.1, -0.05) is 18.2 Å². The Bertz CT molecular complexity index is 658. The molecule has 0 aromatic carbocycles. The van der Waals surface area contributed by atoms with Crippen LogP contribution in [-0.4, -0.2) is 17.9 Å². The van der Waals surface area contributed by atoms with E-state index in [1.54, 1.807) is 12.2 Å². The summed E-state index contributed by atoms with van der Waals surface area (Å²) in [6.45, 7) is -0.00274. The summed E-state index contributed by atoms with van der Waals surface area (Å²) in [7, 11) is 0. The number of allylic oxidation sites excluding steroid dienone is 4. The second kappa shape index (κ2) is 7.21. The summed E-state index contributed by atoms with van der Waals surface area (Å²) in [5.74, 6) is -0.489. The fourth-order valence-electron chi connectivity index (χ4n) is 2.15. The molecule has 1 amide bonds. The maximum atomic E-state index is 13.9. The molecule has 1 heterocycles. The fraction of sp³-hybridized carbons (Fsp3) is 0.250. The molecule has 0 bridgehead atoms. The number of alkyl halides is 3. The minimum atomic E-state index is -4.50. The van der Waals surface area contributed by atoms with Gasteiger partial charge in [0.15, 0.2) is 0 Å². The Hall–Kier alpha value is -2.44. The zero-order valence-corrected chi connectivity index (χ0v) is 12.0. The van der Waals surface area contributed by atoms with Crippen LogP contribution in [0.25, 0.3) is 5.57 Å². The van der Waals surface area contributed by atoms with Crippen molar-refractivity contribution in [2.45, 2.75) is 19.0 Å². The van der Waals surface area contributed by atoms with Crippen molar-refractivity contribution in [2.75, 3.05) is 6.54 Å². The van der Waals surface area contributed by atoms with E-state index in [4.69, 9.17) is 0 Å². The van der Waals surface area contributed by atoms with Gasteiger partial charge in [0.25, 0.3) is 0 Å². The van der Waals surface area contributed by atoms with E-state index in [1.807, 2.05) is 0 Å². The molecular weight excluding hydrogens is 312 g/mol. The van der Waals surface area contributed by atoms with E-state index in [1.165, 1.54) is 12.1 Å². The molecule has 1 aliphatic carbocycles. The summed E-state index contributed by atoms with van der Waals surface area (Å²) in [5, 5.41) is 2.38. The van der Waals surface area contributed by atoms with Crippen molar-refractivity contribution in [3.63, 3.8) is 0 Å². The second-order valence-corrected chi connectivity index (χ2v) is 4.91. The van der Waals surface area contributed by atoms with E-state index < -0.39 is 17.7 Å². The summed E-state index contributed by atoms with van der Waals surface area (Å²) in [6, 6.07) is 2.21. The quantitative estimate of drug-likeness (QED) is 0.675. The number of amides is 1. The molecule has 7 heteroatoms. The molecule has 2 rings (SSSR count). The molecular formula is C16H14F4N2O. The van der Waals surface area contributed by atoms with Gasteiger partial charge in [0.1, 0.15) is 11.5 Å². The number of carbonyl (C=O) groups excluding carboxylic acids is 1. The van der Waals surface area contributed by atoms with Crippen LogP contribution in [0.3, 0.4) is 0 Å². The maximum absolute atomic E-state index is 13.9. The normalized spacial score (nSPS) is 22.5. The third-order valence-electron chi connectivity index (χ3n) is 3.30. The minimum absolute atomic E-state index is 0.00274. The van der Waals surface area contributed by atoms with E-state index >= 15 is 0 Å². The standard InChI is InChI=1S/C16H14F4N2O/c17-14-4-2-1-3-11(7-13(14)8-21-10-23)12-5-6-15(22-9-12)16(18,19)20/h2,4-7,9-10H,1,3,8H2,(H,21,23)/b4-2-,11-7+,14-13-. The Morgan fingerprint density at radius 1 is 1.30 bits per heavy atom. The SMILES string of the molecule is O=CNCC1=C(F)/C=C\CC/C(c2ccc(C(F)(F)F)nc2)=C\1. The Morgan fingerprint density at radius 3 is 2.70 bits per heavy atom. The van der Waals surface area contributed by atoms with E-state index in [2.05, 4.69) is 10.3 Å². The molecule has 122 valence electrons. The molecule has 0 radical (unpaired) electrons. The zero-order chi connectivity index (χ0) is 16.9. The van der Waals surface area contributed by atoms with Gasteiger partial charge in [-0.3, -0.25) is 9.78 Å². The lowest BCUT2D eigenvalue weighted by Crippen LogP contribution is -2.14. The molecule has 1 aromatic heterocycles. The van der Waals surface area contributed by atoms with E-state index in [0.29, 0.717) is 30.4 Å². The Kier molecular flexibility index (Phi) is 5.31. The number of aromatic nitrogens is 1. The van der Waals surface area contributed by atoms with Gasteiger partial charge in [-0.2, -0.15) is 13.2 Å². The Labute approximate surface area is 130 Å². The van der Waals surface area contributed by atoms with Crippen LogP contribution in [0, 0.1) is 0 Å². The number of hydrogen-bond acceptors (Lipinski definition) is 2. The first kappa shape index (κ1) is 16.9. The summed E-state index contributed by atoms with van der Waals surface area (Å²) in [5.41, 5.74) is 0.429. The summed E-state index contributed by atoms with van der Waals surface area (Å²) in [4.78, 5) is 13.8. The highest BCUT2D eigenvalue weighted by Gasteiger charge is 2.32. The lowest BCUT2D eigenvalue weighted by molar-refractivity contribution is -0.141. The van der Waals surface area contributed by atoms with Gasteiger partial charge in [-0.15, -0.1) is 0 Å². The predicted octanol–water partition coefficient (Wildman–Crippen LogP) is 3.80. The molecule has 23 heavy (non-hydrogen) atoms. The van der Waals surface area contributed by atoms with Crippen molar-refractivity contribution in [3.05, 3.63) is 59.2 Å². The van der Waals surface area contributed by atoms with Crippen molar-refractivity contribution in [3.8, 4) is 0 Å². The number of hydrogen-bond donors (Lipinski definition) is 1. The molecule has 0 fully saturated rings. The first-order chi connectivity index (χ1) is 10.9. The molecule has 0 atom stereocenters. The zero-order valence-electron chi connectivity index (χ0n) is 12.0. The minimum Gasteiger partial charge on any atom is -0.354 e. The van der Waals surface area contributed by atoms with E-state index in [-0.39, 0.29) is 12.1 Å². The van der Waals surface area contributed by atoms with Gasteiger partial charge in [0, 0.05) is 18.3 Å². The average Bonchev–Trinajstić information content (AvgIpc) is 2.50. The molecule has 1 N–H and O–H groups in total. The van der Waals surface area contributed by atoms with Gasteiger partial charge in [0.2, 0.25) is 6.41 Å². The highest BCUT2D eigenvalue weighted by atomic mass is 19.4. The van der Waals surface area contributed by atoms with Crippen molar-refractivity contribution in [1.29, 1.82) is 0 Å². The van der Waals surface area contributed by atoms with Crippen LogP contribution in [0.1, 0.15) is 24.1 Å². The Morgan fingerprint density at radius 2 is 2.09 bits per heavy atom. The molecule has 0 unspecified atom stereocenters. The highest BCUT2D eigenvalue weighted by molar-refractivity contribution is 5.69. The summed E-state index contributed by atoms with van der Waals surface area (Å²) in [6.07, 6.45) is 2.66. The number of nitrogens with one attached hydrogen (secondary N) is 1. The van der Waals surface area contributed by atoms with Crippen LogP contribution >= 0.6 is 0 Å². The van der Waals surface area contributed by atoms with Crippen LogP contribution in [0.2, 0.25) is 0 Å². The monoisotopic (exact) mass is 326 g/mol. The van der Waals surface area contributed by atoms with Crippen LogP contribution in [0.4, 0.5) is 17.6 Å². The number of rotatable bonds is 4. The average molecular weight is 326 g/mol. The Balaban J connectivity index is 2.34.